The molecule has 16 heavy (non-hydrogen) atoms. The zero-order valence-electron chi connectivity index (χ0n) is 8.64. The average molecular weight is 225 g/mol. The second-order valence-corrected chi connectivity index (χ2v) is 3.94. The van der Waals surface area contributed by atoms with Gasteiger partial charge in [0.1, 0.15) is 0 Å². The van der Waals surface area contributed by atoms with E-state index in [4.69, 9.17) is 12.2 Å². The van der Waals surface area contributed by atoms with Crippen molar-refractivity contribution in [1.82, 2.24) is 0 Å². The van der Waals surface area contributed by atoms with Crippen molar-refractivity contribution in [2.45, 2.75) is 4.90 Å². The van der Waals surface area contributed by atoms with Gasteiger partial charge in [0.25, 0.3) is 0 Å². The fourth-order valence-corrected chi connectivity index (χ4v) is 1.95. The lowest BCUT2D eigenvalue weighted by atomic mass is 10.0. The molecule has 0 radical (unpaired) electrons. The van der Waals surface area contributed by atoms with Gasteiger partial charge >= 0.3 is 0 Å². The number of terminal acetylenes is 1. The van der Waals surface area contributed by atoms with Crippen molar-refractivity contribution in [1.29, 1.82) is 0 Å². The fourth-order valence-electron chi connectivity index (χ4n) is 1.61. The number of hydrogen-bond acceptors (Lipinski definition) is 2. The van der Waals surface area contributed by atoms with E-state index in [0.29, 0.717) is 0 Å². The molecule has 78 valence electrons. The third kappa shape index (κ3) is 1.91. The summed E-state index contributed by atoms with van der Waals surface area (Å²) in [4.78, 5) is 0.869. The van der Waals surface area contributed by atoms with Crippen LogP contribution in [0.15, 0.2) is 47.4 Å². The van der Waals surface area contributed by atoms with E-state index in [9.17, 15) is 0 Å². The molecule has 0 atom stereocenters. The van der Waals surface area contributed by atoms with Crippen molar-refractivity contribution in [2.75, 3.05) is 5.73 Å². The van der Waals surface area contributed by atoms with Gasteiger partial charge in [0.15, 0.2) is 0 Å². The van der Waals surface area contributed by atoms with E-state index >= 15 is 0 Å². The summed E-state index contributed by atoms with van der Waals surface area (Å²) in [5.41, 5.74) is 9.50. The van der Waals surface area contributed by atoms with Crippen molar-refractivity contribution < 1.29 is 0 Å². The first-order valence-electron chi connectivity index (χ1n) is 4.87. The van der Waals surface area contributed by atoms with Gasteiger partial charge in [-0.1, -0.05) is 24.1 Å². The minimum absolute atomic E-state index is 0.723. The number of benzene rings is 2. The first-order chi connectivity index (χ1) is 7.72. The number of rotatable bonds is 1. The van der Waals surface area contributed by atoms with Gasteiger partial charge in [0.05, 0.1) is 0 Å². The van der Waals surface area contributed by atoms with Gasteiger partial charge < -0.3 is 5.73 Å². The Morgan fingerprint density at radius 3 is 2.31 bits per heavy atom. The van der Waals surface area contributed by atoms with Gasteiger partial charge in [0.2, 0.25) is 0 Å². The molecule has 0 saturated carbocycles. The first kappa shape index (κ1) is 10.7. The largest absolute Gasteiger partial charge is 0.398 e. The van der Waals surface area contributed by atoms with Crippen LogP contribution in [0.2, 0.25) is 0 Å². The summed E-state index contributed by atoms with van der Waals surface area (Å²) >= 11 is 4.41. The van der Waals surface area contributed by atoms with Crippen LogP contribution < -0.4 is 5.73 Å². The normalized spacial score (nSPS) is 9.75. The maximum absolute atomic E-state index is 5.93. The van der Waals surface area contributed by atoms with Crippen molar-refractivity contribution in [2.24, 2.45) is 0 Å². The van der Waals surface area contributed by atoms with Gasteiger partial charge in [-0.3, -0.25) is 0 Å². The molecule has 2 rings (SSSR count). The molecule has 2 N–H and O–H groups in total. The van der Waals surface area contributed by atoms with Crippen LogP contribution in [0.1, 0.15) is 5.56 Å². The third-order valence-electron chi connectivity index (χ3n) is 2.41. The molecule has 0 unspecified atom stereocenters. The lowest BCUT2D eigenvalue weighted by molar-refractivity contribution is 1.45. The van der Waals surface area contributed by atoms with E-state index in [1.165, 1.54) is 0 Å². The van der Waals surface area contributed by atoms with E-state index in [0.717, 1.165) is 27.3 Å². The van der Waals surface area contributed by atoms with Crippen molar-refractivity contribution >= 4 is 18.3 Å². The first-order valence-corrected chi connectivity index (χ1v) is 5.31. The molecule has 0 aliphatic rings. The summed E-state index contributed by atoms with van der Waals surface area (Å²) in [6.07, 6.45) is 5.31. The smallest absolute Gasteiger partial charge is 0.0405 e. The highest BCUT2D eigenvalue weighted by molar-refractivity contribution is 7.80. The minimum atomic E-state index is 0.723. The molecule has 0 aliphatic carbocycles. The predicted molar refractivity (Wildman–Crippen MR) is 71.5 cm³/mol. The zero-order valence-corrected chi connectivity index (χ0v) is 9.54. The maximum Gasteiger partial charge on any atom is 0.0405 e. The molecular weight excluding hydrogens is 214 g/mol. The molecule has 0 spiro atoms. The van der Waals surface area contributed by atoms with E-state index in [1.54, 1.807) is 0 Å². The lowest BCUT2D eigenvalue weighted by Gasteiger charge is -2.08. The summed E-state index contributed by atoms with van der Waals surface area (Å²) in [6.45, 7) is 0. The minimum Gasteiger partial charge on any atom is -0.398 e. The van der Waals surface area contributed by atoms with Gasteiger partial charge in [0, 0.05) is 21.7 Å². The molecule has 2 heteroatoms. The van der Waals surface area contributed by atoms with Crippen LogP contribution in [0.5, 0.6) is 0 Å². The second kappa shape index (κ2) is 4.34. The molecule has 0 bridgehead atoms. The van der Waals surface area contributed by atoms with E-state index in [-0.39, 0.29) is 0 Å². The highest BCUT2D eigenvalue weighted by atomic mass is 32.1. The van der Waals surface area contributed by atoms with E-state index < -0.39 is 0 Å². The summed E-state index contributed by atoms with van der Waals surface area (Å²) < 4.78 is 0. The number of nitrogens with two attached hydrogens (primary N) is 1. The summed E-state index contributed by atoms with van der Waals surface area (Å²) in [5, 5.41) is 0. The van der Waals surface area contributed by atoms with Gasteiger partial charge in [-0.05, 0) is 29.8 Å². The Hall–Kier alpha value is -1.85. The topological polar surface area (TPSA) is 26.0 Å². The SMILES string of the molecule is C#Cc1ccc(-c2c(N)cccc2S)cc1. The van der Waals surface area contributed by atoms with E-state index in [2.05, 4.69) is 18.5 Å². The van der Waals surface area contributed by atoms with Crippen LogP contribution in [0.4, 0.5) is 5.69 Å². The van der Waals surface area contributed by atoms with Crippen LogP contribution in [0.3, 0.4) is 0 Å². The van der Waals surface area contributed by atoms with Crippen LogP contribution >= 0.6 is 12.6 Å². The Labute approximate surface area is 101 Å². The second-order valence-electron chi connectivity index (χ2n) is 3.46. The summed E-state index contributed by atoms with van der Waals surface area (Å²) in [7, 11) is 0. The molecule has 0 saturated heterocycles. The van der Waals surface area contributed by atoms with E-state index in [1.807, 2.05) is 42.5 Å². The van der Waals surface area contributed by atoms with Gasteiger partial charge in [-0.15, -0.1) is 19.1 Å². The Morgan fingerprint density at radius 1 is 1.06 bits per heavy atom. The standard InChI is InChI=1S/C14H11NS/c1-2-10-6-8-11(9-7-10)14-12(15)4-3-5-13(14)16/h1,3-9,16H,15H2. The lowest BCUT2D eigenvalue weighted by Crippen LogP contribution is -1.91. The highest BCUT2D eigenvalue weighted by Gasteiger charge is 2.05. The average Bonchev–Trinajstić information content (AvgIpc) is 2.30. The molecule has 0 amide bonds. The number of thiol groups is 1. The predicted octanol–water partition coefficient (Wildman–Crippen LogP) is 3.21. The molecular formula is C14H11NS. The molecule has 0 heterocycles. The zero-order chi connectivity index (χ0) is 11.5. The van der Waals surface area contributed by atoms with Crippen LogP contribution in [-0.2, 0) is 0 Å². The Bertz CT molecular complexity index is 530. The third-order valence-corrected chi connectivity index (χ3v) is 2.79. The molecule has 0 aliphatic heterocycles. The number of hydrogen-bond donors (Lipinski definition) is 2. The van der Waals surface area contributed by atoms with Crippen LogP contribution in [0, 0.1) is 12.3 Å². The molecule has 0 aromatic heterocycles. The molecule has 2 aromatic carbocycles. The highest BCUT2D eigenvalue weighted by Crippen LogP contribution is 2.31. The molecule has 1 nitrogen and oxygen atoms in total. The van der Waals surface area contributed by atoms with Gasteiger partial charge in [-0.2, -0.15) is 0 Å². The van der Waals surface area contributed by atoms with Crippen LogP contribution in [0.25, 0.3) is 11.1 Å². The van der Waals surface area contributed by atoms with Crippen molar-refractivity contribution in [3.05, 3.63) is 48.0 Å². The Balaban J connectivity index is 2.55. The molecule has 2 aromatic rings. The number of anilines is 1. The Morgan fingerprint density at radius 2 is 1.75 bits per heavy atom. The summed E-state index contributed by atoms with van der Waals surface area (Å²) in [6, 6.07) is 13.4. The number of nitrogen functional groups attached to an aromatic ring is 1. The Kier molecular flexibility index (Phi) is 2.89. The van der Waals surface area contributed by atoms with Crippen LogP contribution in [-0.4, -0.2) is 0 Å². The summed E-state index contributed by atoms with van der Waals surface area (Å²) in [5.74, 6) is 2.58. The van der Waals surface area contributed by atoms with Crippen molar-refractivity contribution in [3.8, 4) is 23.5 Å². The fraction of sp³-hybridized carbons (Fsp3) is 0. The van der Waals surface area contributed by atoms with Gasteiger partial charge in [-0.25, -0.2) is 0 Å². The molecule has 0 fully saturated rings. The quantitative estimate of drug-likeness (QED) is 0.435. The maximum atomic E-state index is 5.93. The van der Waals surface area contributed by atoms with Crippen molar-refractivity contribution in [3.63, 3.8) is 0 Å². The monoisotopic (exact) mass is 225 g/mol.